The molecule has 7 heteroatoms. The molecule has 130 valence electrons. The minimum Gasteiger partial charge on any atom is -0.429 e. The molecule has 1 heterocycles. The Labute approximate surface area is 141 Å². The van der Waals surface area contributed by atoms with Crippen LogP contribution in [0.5, 0.6) is 0 Å². The van der Waals surface area contributed by atoms with Gasteiger partial charge in [-0.25, -0.2) is 4.79 Å². The molecule has 1 aliphatic rings. The number of guanidine groups is 1. The zero-order chi connectivity index (χ0) is 17.4. The number of ether oxygens (including phenoxy) is 2. The summed E-state index contributed by atoms with van der Waals surface area (Å²) in [6, 6.07) is 9.19. The molecule has 0 saturated carbocycles. The van der Waals surface area contributed by atoms with Crippen molar-refractivity contribution < 1.29 is 19.1 Å². The smallest absolute Gasteiger partial charge is 0.429 e. The van der Waals surface area contributed by atoms with Gasteiger partial charge < -0.3 is 20.1 Å². The first-order valence-electron chi connectivity index (χ1n) is 8.05. The number of likely N-dealkylation sites (tertiary alicyclic amines) is 1. The molecule has 0 aliphatic carbocycles. The van der Waals surface area contributed by atoms with E-state index in [2.05, 4.69) is 4.74 Å². The third-order valence-electron chi connectivity index (χ3n) is 4.11. The van der Waals surface area contributed by atoms with Gasteiger partial charge in [-0.05, 0) is 30.7 Å². The van der Waals surface area contributed by atoms with Gasteiger partial charge in [-0.1, -0.05) is 30.3 Å². The Kier molecular flexibility index (Phi) is 6.60. The predicted molar refractivity (Wildman–Crippen MR) is 88.2 cm³/mol. The summed E-state index contributed by atoms with van der Waals surface area (Å²) < 4.78 is 9.56. The Morgan fingerprint density at radius 2 is 1.88 bits per heavy atom. The first-order chi connectivity index (χ1) is 11.5. The van der Waals surface area contributed by atoms with E-state index >= 15 is 0 Å². The van der Waals surface area contributed by atoms with Crippen LogP contribution in [0.4, 0.5) is 4.79 Å². The van der Waals surface area contributed by atoms with Gasteiger partial charge in [0.25, 0.3) is 0 Å². The number of carbonyl (C=O) groups excluding carboxylic acids is 2. The Hall–Kier alpha value is -2.57. The average Bonchev–Trinajstić information content (AvgIpc) is 2.59. The van der Waals surface area contributed by atoms with Crippen molar-refractivity contribution in [2.24, 2.45) is 11.7 Å². The minimum atomic E-state index is -0.963. The van der Waals surface area contributed by atoms with Crippen molar-refractivity contribution in [3.8, 4) is 0 Å². The van der Waals surface area contributed by atoms with Crippen LogP contribution in [0.25, 0.3) is 0 Å². The fourth-order valence-electron chi connectivity index (χ4n) is 2.67. The van der Waals surface area contributed by atoms with Gasteiger partial charge in [0, 0.05) is 19.5 Å². The van der Waals surface area contributed by atoms with Gasteiger partial charge in [-0.15, -0.1) is 0 Å². The molecule has 0 spiro atoms. The minimum absolute atomic E-state index is 0.0798. The summed E-state index contributed by atoms with van der Waals surface area (Å²) in [5, 5.41) is 7.38. The summed E-state index contributed by atoms with van der Waals surface area (Å²) in [7, 11) is 0. The zero-order valence-corrected chi connectivity index (χ0v) is 13.6. The number of piperidine rings is 1. The van der Waals surface area contributed by atoms with E-state index in [0.29, 0.717) is 12.3 Å². The van der Waals surface area contributed by atoms with Crippen LogP contribution in [-0.2, 0) is 20.9 Å². The third kappa shape index (κ3) is 5.91. The summed E-state index contributed by atoms with van der Waals surface area (Å²) in [4.78, 5) is 25.0. The van der Waals surface area contributed by atoms with Crippen molar-refractivity contribution in [3.63, 3.8) is 0 Å². The van der Waals surface area contributed by atoms with Gasteiger partial charge in [0.1, 0.15) is 6.61 Å². The number of hydrogen-bond acceptors (Lipinski definition) is 5. The molecule has 1 aliphatic heterocycles. The first kappa shape index (κ1) is 17.8. The van der Waals surface area contributed by atoms with E-state index in [1.807, 2.05) is 35.2 Å². The second kappa shape index (κ2) is 8.90. The van der Waals surface area contributed by atoms with Crippen LogP contribution in [0.1, 0.15) is 31.2 Å². The van der Waals surface area contributed by atoms with Crippen LogP contribution in [0.3, 0.4) is 0 Å². The molecule has 1 fully saturated rings. The third-order valence-corrected chi connectivity index (χ3v) is 4.11. The number of benzene rings is 1. The highest BCUT2D eigenvalue weighted by Crippen LogP contribution is 2.21. The zero-order valence-electron chi connectivity index (χ0n) is 13.6. The largest absolute Gasteiger partial charge is 0.516 e. The van der Waals surface area contributed by atoms with Crippen molar-refractivity contribution in [1.29, 1.82) is 5.41 Å². The second-order valence-electron chi connectivity index (χ2n) is 5.85. The highest BCUT2D eigenvalue weighted by atomic mass is 16.7. The number of carbonyl (C=O) groups is 2. The summed E-state index contributed by atoms with van der Waals surface area (Å²) >= 11 is 0. The first-order valence-corrected chi connectivity index (χ1v) is 8.05. The highest BCUT2D eigenvalue weighted by molar-refractivity contribution is 5.81. The summed E-state index contributed by atoms with van der Waals surface area (Å²) in [5.74, 6) is -0.0930. The van der Waals surface area contributed by atoms with E-state index in [1.165, 1.54) is 0 Å². The van der Waals surface area contributed by atoms with Crippen LogP contribution in [0.15, 0.2) is 30.3 Å². The number of nitrogens with two attached hydrogens (primary N) is 1. The van der Waals surface area contributed by atoms with Crippen molar-refractivity contribution in [1.82, 2.24) is 4.90 Å². The molecule has 7 nitrogen and oxygen atoms in total. The van der Waals surface area contributed by atoms with Gasteiger partial charge in [-0.3, -0.25) is 10.2 Å². The van der Waals surface area contributed by atoms with Gasteiger partial charge >= 0.3 is 12.1 Å². The van der Waals surface area contributed by atoms with Crippen molar-refractivity contribution in [3.05, 3.63) is 35.9 Å². The van der Waals surface area contributed by atoms with E-state index in [4.69, 9.17) is 15.9 Å². The Balaban J connectivity index is 1.61. The molecule has 3 N–H and O–H groups in total. The number of nitrogens with one attached hydrogen (secondary N) is 1. The van der Waals surface area contributed by atoms with Gasteiger partial charge in [0.05, 0.1) is 0 Å². The molecule has 0 aromatic heterocycles. The number of nitrogens with zero attached hydrogens (tertiary/aromatic N) is 1. The van der Waals surface area contributed by atoms with Crippen molar-refractivity contribution >= 4 is 18.1 Å². The van der Waals surface area contributed by atoms with Crippen molar-refractivity contribution in [2.75, 3.05) is 13.1 Å². The summed E-state index contributed by atoms with van der Waals surface area (Å²) in [6.45, 7) is 1.54. The molecule has 0 atom stereocenters. The summed E-state index contributed by atoms with van der Waals surface area (Å²) in [5.41, 5.74) is 6.28. The van der Waals surface area contributed by atoms with E-state index in [9.17, 15) is 9.59 Å². The Morgan fingerprint density at radius 3 is 2.50 bits per heavy atom. The molecule has 1 aromatic rings. The van der Waals surface area contributed by atoms with E-state index in [-0.39, 0.29) is 19.0 Å². The maximum Gasteiger partial charge on any atom is 0.516 e. The van der Waals surface area contributed by atoms with E-state index in [0.717, 1.165) is 31.5 Å². The van der Waals surface area contributed by atoms with Crippen LogP contribution in [0.2, 0.25) is 0 Å². The molecule has 1 saturated heterocycles. The predicted octanol–water partition coefficient (Wildman–Crippen LogP) is 2.25. The number of esters is 1. The fourth-order valence-corrected chi connectivity index (χ4v) is 2.67. The van der Waals surface area contributed by atoms with Crippen LogP contribution in [0, 0.1) is 11.3 Å². The van der Waals surface area contributed by atoms with Gasteiger partial charge in [-0.2, -0.15) is 0 Å². The van der Waals surface area contributed by atoms with Crippen LogP contribution in [-0.4, -0.2) is 36.1 Å². The average molecular weight is 333 g/mol. The molecule has 0 radical (unpaired) electrons. The maximum absolute atomic E-state index is 11.7. The molecule has 24 heavy (non-hydrogen) atoms. The lowest BCUT2D eigenvalue weighted by molar-refractivity contribution is -0.140. The number of hydrogen-bond donors (Lipinski definition) is 2. The van der Waals surface area contributed by atoms with E-state index < -0.39 is 12.1 Å². The fraction of sp³-hybridized carbons (Fsp3) is 0.471. The molecule has 1 aromatic carbocycles. The normalized spacial score (nSPS) is 14.9. The van der Waals surface area contributed by atoms with Crippen LogP contribution >= 0.6 is 0 Å². The molecular formula is C17H23N3O4. The highest BCUT2D eigenvalue weighted by Gasteiger charge is 2.21. The lowest BCUT2D eigenvalue weighted by Gasteiger charge is -2.31. The maximum atomic E-state index is 11.7. The molecule has 2 rings (SSSR count). The quantitative estimate of drug-likeness (QED) is 0.370. The molecule has 0 bridgehead atoms. The molecule has 0 amide bonds. The summed E-state index contributed by atoms with van der Waals surface area (Å²) in [6.07, 6.45) is 1.65. The van der Waals surface area contributed by atoms with Gasteiger partial charge in [0.2, 0.25) is 0 Å². The lowest BCUT2D eigenvalue weighted by atomic mass is 9.92. The van der Waals surface area contributed by atoms with Gasteiger partial charge in [0.15, 0.2) is 5.96 Å². The van der Waals surface area contributed by atoms with Crippen LogP contribution < -0.4 is 5.73 Å². The SMILES string of the molecule is N=C(N)N1CCC(CCC(=O)OC(=O)OCc2ccccc2)CC1. The monoisotopic (exact) mass is 333 g/mol. The standard InChI is InChI=1S/C17H23N3O4/c18-16(19)20-10-8-13(9-11-20)6-7-15(21)24-17(22)23-12-14-4-2-1-3-5-14/h1-5,13H,6-12H2,(H3,18,19). The molecular weight excluding hydrogens is 310 g/mol. The number of rotatable bonds is 5. The molecule has 0 unspecified atom stereocenters. The lowest BCUT2D eigenvalue weighted by Crippen LogP contribution is -2.42. The van der Waals surface area contributed by atoms with E-state index in [1.54, 1.807) is 0 Å². The van der Waals surface area contributed by atoms with Crippen molar-refractivity contribution in [2.45, 2.75) is 32.3 Å². The second-order valence-corrected chi connectivity index (χ2v) is 5.85. The topological polar surface area (TPSA) is 106 Å². The Morgan fingerprint density at radius 1 is 1.21 bits per heavy atom. The Bertz CT molecular complexity index is 568.